The van der Waals surface area contributed by atoms with Gasteiger partial charge in [-0.15, -0.1) is 11.3 Å². The molecule has 3 aromatic rings. The summed E-state index contributed by atoms with van der Waals surface area (Å²) in [6.45, 7) is 0.596. The van der Waals surface area contributed by atoms with Gasteiger partial charge in [-0.2, -0.15) is 4.31 Å². The van der Waals surface area contributed by atoms with Gasteiger partial charge in [0.05, 0.1) is 16.4 Å². The fourth-order valence-corrected chi connectivity index (χ4v) is 6.88. The van der Waals surface area contributed by atoms with Crippen molar-refractivity contribution in [3.05, 3.63) is 91.3 Å². The summed E-state index contributed by atoms with van der Waals surface area (Å²) in [7, 11) is -3.74. The van der Waals surface area contributed by atoms with E-state index in [0.29, 0.717) is 23.4 Å². The first-order chi connectivity index (χ1) is 17.6. The minimum atomic E-state index is -3.74. The molecule has 0 spiro atoms. The van der Waals surface area contributed by atoms with Crippen molar-refractivity contribution in [3.63, 3.8) is 0 Å². The number of anilines is 1. The van der Waals surface area contributed by atoms with Crippen molar-refractivity contribution in [2.24, 2.45) is 0 Å². The van der Waals surface area contributed by atoms with Crippen LogP contribution in [0.4, 0.5) is 17.1 Å². The number of nitro benzene ring substituents is 2. The monoisotopic (exact) mass is 545 g/mol. The number of hydrogen-bond donors (Lipinski definition) is 2. The highest BCUT2D eigenvalue weighted by atomic mass is 32.2. The predicted molar refractivity (Wildman–Crippen MR) is 137 cm³/mol. The lowest BCUT2D eigenvalue weighted by Crippen LogP contribution is -2.42. The van der Waals surface area contributed by atoms with Gasteiger partial charge in [-0.3, -0.25) is 25.0 Å². The highest BCUT2D eigenvalue weighted by Crippen LogP contribution is 2.30. The van der Waals surface area contributed by atoms with E-state index in [-0.39, 0.29) is 46.8 Å². The third-order valence-electron chi connectivity index (χ3n) is 5.89. The van der Waals surface area contributed by atoms with E-state index in [2.05, 4.69) is 10.6 Å². The van der Waals surface area contributed by atoms with Crippen molar-refractivity contribution in [2.45, 2.75) is 29.6 Å². The summed E-state index contributed by atoms with van der Waals surface area (Å²) in [4.78, 5) is 34.1. The van der Waals surface area contributed by atoms with Gasteiger partial charge in [0.1, 0.15) is 9.90 Å². The van der Waals surface area contributed by atoms with Gasteiger partial charge in [0.2, 0.25) is 0 Å². The molecule has 0 unspecified atom stereocenters. The molecule has 1 amide bonds. The third-order valence-corrected chi connectivity index (χ3v) is 9.34. The molecule has 0 atom stereocenters. The molecule has 12 nitrogen and oxygen atoms in total. The number of nitrogens with one attached hydrogen (secondary N) is 2. The van der Waals surface area contributed by atoms with Gasteiger partial charge >= 0.3 is 0 Å². The number of piperidine rings is 1. The minimum absolute atomic E-state index is 0.0266. The van der Waals surface area contributed by atoms with E-state index < -0.39 is 25.8 Å². The van der Waals surface area contributed by atoms with Gasteiger partial charge in [0.25, 0.3) is 27.3 Å². The normalized spacial score (nSPS) is 14.7. The zero-order valence-electron chi connectivity index (χ0n) is 19.4. The average Bonchev–Trinajstić information content (AvgIpc) is 3.38. The topological polar surface area (TPSA) is 165 Å². The van der Waals surface area contributed by atoms with Crippen molar-refractivity contribution in [1.29, 1.82) is 0 Å². The molecule has 37 heavy (non-hydrogen) atoms. The van der Waals surface area contributed by atoms with E-state index in [1.165, 1.54) is 40.7 Å². The summed E-state index contributed by atoms with van der Waals surface area (Å²) < 4.78 is 27.8. The number of para-hydroxylation sites is 2. The highest BCUT2D eigenvalue weighted by Gasteiger charge is 2.31. The molecule has 1 aliphatic rings. The van der Waals surface area contributed by atoms with E-state index in [1.807, 2.05) is 0 Å². The smallest absolute Gasteiger partial charge is 0.292 e. The van der Waals surface area contributed by atoms with E-state index in [9.17, 15) is 33.4 Å². The Labute approximate surface area is 216 Å². The van der Waals surface area contributed by atoms with Crippen LogP contribution in [0.15, 0.2) is 64.9 Å². The molecule has 0 saturated carbocycles. The minimum Gasteiger partial charge on any atom is -0.377 e. The quantitative estimate of drug-likeness (QED) is 0.303. The Balaban J connectivity index is 1.34. The Bertz CT molecular complexity index is 1430. The molecule has 2 aromatic carbocycles. The number of sulfonamides is 1. The van der Waals surface area contributed by atoms with Crippen molar-refractivity contribution in [3.8, 4) is 0 Å². The summed E-state index contributed by atoms with van der Waals surface area (Å²) in [6.07, 6.45) is 0.978. The lowest BCUT2D eigenvalue weighted by atomic mass is 10.1. The Morgan fingerprint density at radius 3 is 2.43 bits per heavy atom. The molecule has 0 bridgehead atoms. The Morgan fingerprint density at radius 2 is 1.73 bits per heavy atom. The van der Waals surface area contributed by atoms with Gasteiger partial charge in [-0.1, -0.05) is 18.2 Å². The number of nitro groups is 2. The number of benzene rings is 2. The van der Waals surface area contributed by atoms with Crippen LogP contribution in [0.5, 0.6) is 0 Å². The van der Waals surface area contributed by atoms with E-state index >= 15 is 0 Å². The zero-order valence-corrected chi connectivity index (χ0v) is 21.0. The SMILES string of the molecule is O=C(NCc1ccc(S(=O)(=O)N2CCC(Nc3ccccc3[N+](=O)[O-])CC2)s1)c1cccc([N+](=O)[O-])c1. The second-order valence-corrected chi connectivity index (χ2v) is 11.6. The van der Waals surface area contributed by atoms with Crippen LogP contribution in [0.2, 0.25) is 0 Å². The van der Waals surface area contributed by atoms with Crippen LogP contribution in [-0.4, -0.2) is 47.6 Å². The maximum Gasteiger partial charge on any atom is 0.292 e. The second kappa shape index (κ2) is 11.0. The highest BCUT2D eigenvalue weighted by molar-refractivity contribution is 7.91. The molecule has 1 fully saturated rings. The first kappa shape index (κ1) is 26.2. The van der Waals surface area contributed by atoms with Crippen LogP contribution >= 0.6 is 11.3 Å². The van der Waals surface area contributed by atoms with Crippen molar-refractivity contribution in [1.82, 2.24) is 9.62 Å². The number of rotatable bonds is 9. The van der Waals surface area contributed by atoms with Gasteiger partial charge in [-0.05, 0) is 37.1 Å². The van der Waals surface area contributed by atoms with E-state index in [0.717, 1.165) is 11.3 Å². The lowest BCUT2D eigenvalue weighted by Gasteiger charge is -2.31. The number of nitrogens with zero attached hydrogens (tertiary/aromatic N) is 3. The lowest BCUT2D eigenvalue weighted by molar-refractivity contribution is -0.384. The largest absolute Gasteiger partial charge is 0.377 e. The van der Waals surface area contributed by atoms with Crippen LogP contribution in [0.1, 0.15) is 28.1 Å². The number of thiophene rings is 1. The molecule has 2 N–H and O–H groups in total. The fourth-order valence-electron chi connectivity index (χ4n) is 3.96. The van der Waals surface area contributed by atoms with Gasteiger partial charge in [-0.25, -0.2) is 8.42 Å². The van der Waals surface area contributed by atoms with Crippen LogP contribution < -0.4 is 10.6 Å². The summed E-state index contributed by atoms with van der Waals surface area (Å²) in [5, 5.41) is 27.9. The van der Waals surface area contributed by atoms with Crippen molar-refractivity contribution >= 4 is 44.3 Å². The molecule has 2 heterocycles. The molecule has 1 aromatic heterocycles. The average molecular weight is 546 g/mol. The Kier molecular flexibility index (Phi) is 7.80. The predicted octanol–water partition coefficient (Wildman–Crippen LogP) is 3.76. The molecular formula is C23H23N5O7S2. The number of non-ortho nitro benzene ring substituents is 1. The van der Waals surface area contributed by atoms with E-state index in [1.54, 1.807) is 24.3 Å². The fraction of sp³-hybridized carbons (Fsp3) is 0.261. The number of hydrogen-bond acceptors (Lipinski definition) is 9. The summed E-state index contributed by atoms with van der Waals surface area (Å²) in [5.74, 6) is -0.505. The summed E-state index contributed by atoms with van der Waals surface area (Å²) in [6, 6.07) is 14.7. The zero-order chi connectivity index (χ0) is 26.6. The van der Waals surface area contributed by atoms with Crippen molar-refractivity contribution < 1.29 is 23.1 Å². The molecule has 1 saturated heterocycles. The molecule has 4 rings (SSSR count). The molecule has 0 aliphatic carbocycles. The van der Waals surface area contributed by atoms with Crippen LogP contribution in [0.25, 0.3) is 0 Å². The first-order valence-electron chi connectivity index (χ1n) is 11.3. The van der Waals surface area contributed by atoms with Gasteiger partial charge < -0.3 is 10.6 Å². The van der Waals surface area contributed by atoms with E-state index in [4.69, 9.17) is 0 Å². The molecule has 194 valence electrons. The van der Waals surface area contributed by atoms with Crippen LogP contribution in [0.3, 0.4) is 0 Å². The van der Waals surface area contributed by atoms with Gasteiger partial charge in [0, 0.05) is 47.8 Å². The first-order valence-corrected chi connectivity index (χ1v) is 13.5. The molecule has 1 aliphatic heterocycles. The standard InChI is InChI=1S/C23H23N5O7S2/c29-23(16-4-3-5-18(14-16)27(30)31)24-15-19-8-9-22(36-19)37(34,35)26-12-10-17(11-13-26)25-20-6-1-2-7-21(20)28(32)33/h1-9,14,17,25H,10-13,15H2,(H,24,29). The molecule has 0 radical (unpaired) electrons. The number of carbonyl (C=O) groups is 1. The molecular weight excluding hydrogens is 522 g/mol. The third kappa shape index (κ3) is 6.10. The Hall–Kier alpha value is -3.88. The molecule has 14 heteroatoms. The number of amides is 1. The second-order valence-electron chi connectivity index (χ2n) is 8.31. The van der Waals surface area contributed by atoms with Crippen LogP contribution in [-0.2, 0) is 16.6 Å². The van der Waals surface area contributed by atoms with Gasteiger partial charge in [0.15, 0.2) is 0 Å². The Morgan fingerprint density at radius 1 is 1.00 bits per heavy atom. The number of carbonyl (C=O) groups excluding carboxylic acids is 1. The maximum absolute atomic E-state index is 13.1. The maximum atomic E-state index is 13.1. The summed E-state index contributed by atoms with van der Waals surface area (Å²) >= 11 is 1.04. The van der Waals surface area contributed by atoms with Crippen molar-refractivity contribution in [2.75, 3.05) is 18.4 Å². The van der Waals surface area contributed by atoms with Crippen LogP contribution in [0, 0.1) is 20.2 Å². The summed E-state index contributed by atoms with van der Waals surface area (Å²) in [5.41, 5.74) is 0.319.